The highest BCUT2D eigenvalue weighted by Gasteiger charge is 2.35. The van der Waals surface area contributed by atoms with Gasteiger partial charge in [-0.3, -0.25) is 0 Å². The number of fused-ring (bicyclic) bond motifs is 6. The number of rotatable bonds is 5. The number of thiophene rings is 1. The average molecular weight is 684 g/mol. The van der Waals surface area contributed by atoms with Crippen LogP contribution >= 0.6 is 11.3 Å². The van der Waals surface area contributed by atoms with Crippen molar-refractivity contribution < 1.29 is 0 Å². The molecular weight excluding hydrogens is 651 g/mol. The van der Waals surface area contributed by atoms with Crippen LogP contribution in [0, 0.1) is 0 Å². The highest BCUT2D eigenvalue weighted by Crippen LogP contribution is 2.50. The zero-order valence-corrected chi connectivity index (χ0v) is 29.7. The molecule has 7 aromatic carbocycles. The summed E-state index contributed by atoms with van der Waals surface area (Å²) in [6, 6.07) is 58.4. The Balaban J connectivity index is 1.06. The van der Waals surface area contributed by atoms with Gasteiger partial charge in [-0.15, -0.1) is 11.3 Å². The Labute approximate surface area is 307 Å². The molecule has 246 valence electrons. The second kappa shape index (κ2) is 11.9. The van der Waals surface area contributed by atoms with Crippen LogP contribution in [0.3, 0.4) is 0 Å². The van der Waals surface area contributed by atoms with Gasteiger partial charge < -0.3 is 0 Å². The number of aromatic nitrogens is 3. The van der Waals surface area contributed by atoms with Crippen LogP contribution in [-0.4, -0.2) is 15.0 Å². The quantitative estimate of drug-likeness (QED) is 0.181. The van der Waals surface area contributed by atoms with Gasteiger partial charge >= 0.3 is 0 Å². The second-order valence-electron chi connectivity index (χ2n) is 14.0. The fourth-order valence-corrected chi connectivity index (χ4v) is 9.07. The zero-order valence-electron chi connectivity index (χ0n) is 28.8. The largest absolute Gasteiger partial charge is 0.208 e. The van der Waals surface area contributed by atoms with Gasteiger partial charge in [0.05, 0.1) is 0 Å². The maximum atomic E-state index is 4.99. The summed E-state index contributed by atoms with van der Waals surface area (Å²) in [6.07, 6.45) is 0. The van der Waals surface area contributed by atoms with Crippen LogP contribution in [0.4, 0.5) is 0 Å². The Morgan fingerprint density at radius 3 is 1.69 bits per heavy atom. The topological polar surface area (TPSA) is 38.7 Å². The van der Waals surface area contributed by atoms with Crippen LogP contribution in [0.5, 0.6) is 0 Å². The Kier molecular flexibility index (Phi) is 7.02. The highest BCUT2D eigenvalue weighted by molar-refractivity contribution is 7.26. The van der Waals surface area contributed by atoms with Gasteiger partial charge in [0.1, 0.15) is 0 Å². The van der Waals surface area contributed by atoms with Crippen molar-refractivity contribution in [2.75, 3.05) is 0 Å². The molecule has 0 fully saturated rings. The summed E-state index contributed by atoms with van der Waals surface area (Å²) in [5.74, 6) is 1.98. The summed E-state index contributed by atoms with van der Waals surface area (Å²) >= 11 is 1.86. The standard InChI is InChI=1S/C48H33N3S/c1-48(2)41-22-10-9-19-37(41)38-25-23-33(29-42(38)48)32-24-26-43-40(28-32)39-21-12-20-36(44(39)52-43)34-17-11-18-35(27-34)47-50-45(30-13-5-3-6-14-30)49-46(51-47)31-15-7-4-8-16-31/h3-29H,1-2H3. The summed E-state index contributed by atoms with van der Waals surface area (Å²) in [6.45, 7) is 4.69. The van der Waals surface area contributed by atoms with E-state index in [0.29, 0.717) is 17.5 Å². The van der Waals surface area contributed by atoms with Gasteiger partial charge in [0, 0.05) is 42.3 Å². The van der Waals surface area contributed by atoms with Crippen LogP contribution in [-0.2, 0) is 5.41 Å². The first-order valence-electron chi connectivity index (χ1n) is 17.7. The van der Waals surface area contributed by atoms with Gasteiger partial charge in [0.25, 0.3) is 0 Å². The average Bonchev–Trinajstić information content (AvgIpc) is 3.70. The lowest BCUT2D eigenvalue weighted by Crippen LogP contribution is -2.14. The Bertz CT molecular complexity index is 2760. The summed E-state index contributed by atoms with van der Waals surface area (Å²) < 4.78 is 2.57. The lowest BCUT2D eigenvalue weighted by atomic mass is 9.81. The molecule has 0 amide bonds. The van der Waals surface area contributed by atoms with E-state index in [-0.39, 0.29) is 5.41 Å². The molecule has 0 unspecified atom stereocenters. The van der Waals surface area contributed by atoms with Crippen LogP contribution in [0.15, 0.2) is 164 Å². The van der Waals surface area contributed by atoms with E-state index >= 15 is 0 Å². The fourth-order valence-electron chi connectivity index (χ4n) is 7.85. The minimum Gasteiger partial charge on any atom is -0.208 e. The minimum absolute atomic E-state index is 0.0297. The molecule has 2 aromatic heterocycles. The van der Waals surface area contributed by atoms with Crippen LogP contribution in [0.1, 0.15) is 25.0 Å². The van der Waals surface area contributed by atoms with E-state index in [2.05, 4.69) is 117 Å². The predicted molar refractivity (Wildman–Crippen MR) is 217 cm³/mol. The van der Waals surface area contributed by atoms with Gasteiger partial charge in [-0.25, -0.2) is 15.0 Å². The molecule has 0 bridgehead atoms. The maximum absolute atomic E-state index is 4.99. The van der Waals surface area contributed by atoms with E-state index in [1.54, 1.807) is 0 Å². The molecule has 9 aromatic rings. The molecule has 0 aliphatic heterocycles. The Hall–Kier alpha value is -6.23. The van der Waals surface area contributed by atoms with Crippen molar-refractivity contribution >= 4 is 31.5 Å². The highest BCUT2D eigenvalue weighted by atomic mass is 32.1. The van der Waals surface area contributed by atoms with Gasteiger partial charge in [-0.1, -0.05) is 153 Å². The summed E-state index contributed by atoms with van der Waals surface area (Å²) in [4.78, 5) is 14.9. The Morgan fingerprint density at radius 2 is 0.942 bits per heavy atom. The van der Waals surface area contributed by atoms with Crippen LogP contribution in [0.25, 0.3) is 87.7 Å². The first-order valence-corrected chi connectivity index (χ1v) is 18.5. The molecule has 0 saturated carbocycles. The van der Waals surface area contributed by atoms with Crippen molar-refractivity contribution in [1.29, 1.82) is 0 Å². The number of hydrogen-bond acceptors (Lipinski definition) is 4. The molecule has 1 aliphatic carbocycles. The molecule has 3 nitrogen and oxygen atoms in total. The second-order valence-corrected chi connectivity index (χ2v) is 15.1. The first-order chi connectivity index (χ1) is 25.5. The molecule has 0 N–H and O–H groups in total. The van der Waals surface area contributed by atoms with Gasteiger partial charge in [-0.2, -0.15) is 0 Å². The lowest BCUT2D eigenvalue weighted by molar-refractivity contribution is 0.660. The van der Waals surface area contributed by atoms with E-state index < -0.39 is 0 Å². The van der Waals surface area contributed by atoms with Crippen molar-refractivity contribution in [2.45, 2.75) is 19.3 Å². The molecular formula is C48H33N3S. The Morgan fingerprint density at radius 1 is 0.385 bits per heavy atom. The maximum Gasteiger partial charge on any atom is 0.164 e. The van der Waals surface area contributed by atoms with Gasteiger partial charge in [0.15, 0.2) is 17.5 Å². The SMILES string of the molecule is CC1(C)c2ccccc2-c2ccc(-c3ccc4sc5c(-c6cccc(-c7nc(-c8ccccc8)nc(-c8ccccc8)n7)c6)cccc5c4c3)cc21. The molecule has 10 rings (SSSR count). The van der Waals surface area contributed by atoms with Crippen molar-refractivity contribution in [3.63, 3.8) is 0 Å². The van der Waals surface area contributed by atoms with Crippen molar-refractivity contribution in [3.05, 3.63) is 175 Å². The zero-order chi connectivity index (χ0) is 34.8. The normalized spacial score (nSPS) is 13.0. The molecule has 0 saturated heterocycles. The lowest BCUT2D eigenvalue weighted by Gasteiger charge is -2.22. The van der Waals surface area contributed by atoms with Crippen LogP contribution in [0.2, 0.25) is 0 Å². The third kappa shape index (κ3) is 4.98. The van der Waals surface area contributed by atoms with Gasteiger partial charge in [-0.05, 0) is 68.8 Å². The van der Waals surface area contributed by atoms with E-state index in [0.717, 1.165) is 22.3 Å². The van der Waals surface area contributed by atoms with Crippen molar-refractivity contribution in [3.8, 4) is 67.5 Å². The van der Waals surface area contributed by atoms with E-state index in [1.165, 1.54) is 59.1 Å². The molecule has 2 heterocycles. The third-order valence-electron chi connectivity index (χ3n) is 10.5. The summed E-state index contributed by atoms with van der Waals surface area (Å²) in [5.41, 5.74) is 13.2. The fraction of sp³-hybridized carbons (Fsp3) is 0.0625. The summed E-state index contributed by atoms with van der Waals surface area (Å²) in [7, 11) is 0. The number of benzene rings is 7. The first kappa shape index (κ1) is 30.6. The van der Waals surface area contributed by atoms with Crippen molar-refractivity contribution in [2.24, 2.45) is 0 Å². The molecule has 0 spiro atoms. The molecule has 0 atom stereocenters. The minimum atomic E-state index is -0.0297. The number of nitrogens with zero attached hydrogens (tertiary/aromatic N) is 3. The van der Waals surface area contributed by atoms with Crippen molar-refractivity contribution in [1.82, 2.24) is 15.0 Å². The molecule has 0 radical (unpaired) electrons. The smallest absolute Gasteiger partial charge is 0.164 e. The molecule has 4 heteroatoms. The predicted octanol–water partition coefficient (Wildman–Crippen LogP) is 12.9. The third-order valence-corrected chi connectivity index (χ3v) is 11.8. The monoisotopic (exact) mass is 683 g/mol. The number of hydrogen-bond donors (Lipinski definition) is 0. The van der Waals surface area contributed by atoms with E-state index in [4.69, 9.17) is 15.0 Å². The summed E-state index contributed by atoms with van der Waals surface area (Å²) in [5, 5.41) is 2.56. The van der Waals surface area contributed by atoms with Gasteiger partial charge in [0.2, 0.25) is 0 Å². The molecule has 1 aliphatic rings. The van der Waals surface area contributed by atoms with E-state index in [9.17, 15) is 0 Å². The van der Waals surface area contributed by atoms with Crippen LogP contribution < -0.4 is 0 Å². The van der Waals surface area contributed by atoms with E-state index in [1.807, 2.05) is 72.0 Å². The molecule has 52 heavy (non-hydrogen) atoms.